The van der Waals surface area contributed by atoms with Gasteiger partial charge in [-0.25, -0.2) is 0 Å². The zero-order valence-corrected chi connectivity index (χ0v) is 30.6. The predicted molar refractivity (Wildman–Crippen MR) is 235 cm³/mol. The van der Waals surface area contributed by atoms with Crippen LogP contribution in [0.3, 0.4) is 0 Å². The van der Waals surface area contributed by atoms with E-state index in [4.69, 9.17) is 4.42 Å². The molecule has 3 heteroatoms. The van der Waals surface area contributed by atoms with E-state index in [1.54, 1.807) is 0 Å². The summed E-state index contributed by atoms with van der Waals surface area (Å²) in [4.78, 5) is 2.42. The van der Waals surface area contributed by atoms with Crippen LogP contribution in [0.1, 0.15) is 0 Å². The third-order valence-electron chi connectivity index (χ3n) is 10.9. The maximum atomic E-state index is 6.45. The number of para-hydroxylation sites is 2. The van der Waals surface area contributed by atoms with Gasteiger partial charge in [0.15, 0.2) is 0 Å². The third kappa shape index (κ3) is 5.32. The number of fused-ring (bicyclic) bond motifs is 7. The van der Waals surface area contributed by atoms with E-state index in [0.717, 1.165) is 50.1 Å². The Labute approximate surface area is 322 Å². The van der Waals surface area contributed by atoms with Gasteiger partial charge < -0.3 is 9.32 Å². The molecule has 0 spiro atoms. The van der Waals surface area contributed by atoms with Crippen LogP contribution in [0.5, 0.6) is 0 Å². The van der Waals surface area contributed by atoms with Crippen LogP contribution in [0.2, 0.25) is 0 Å². The van der Waals surface area contributed by atoms with Crippen molar-refractivity contribution in [2.75, 3.05) is 4.90 Å². The smallest absolute Gasteiger partial charge is 0.137 e. The van der Waals surface area contributed by atoms with E-state index in [2.05, 4.69) is 199 Å². The second-order valence-electron chi connectivity index (χ2n) is 14.1. The van der Waals surface area contributed by atoms with Gasteiger partial charge in [0, 0.05) is 36.8 Å². The van der Waals surface area contributed by atoms with Crippen LogP contribution in [0.25, 0.3) is 86.3 Å². The van der Waals surface area contributed by atoms with Gasteiger partial charge in [0.05, 0.1) is 16.8 Å². The number of hydrogen-bond donors (Lipinski definition) is 0. The van der Waals surface area contributed by atoms with Gasteiger partial charge in [0.1, 0.15) is 11.2 Å². The van der Waals surface area contributed by atoms with Gasteiger partial charge in [-0.15, -0.1) is 11.3 Å². The fourth-order valence-electron chi connectivity index (χ4n) is 8.30. The van der Waals surface area contributed by atoms with Gasteiger partial charge in [0.25, 0.3) is 0 Å². The summed E-state index contributed by atoms with van der Waals surface area (Å²) in [6, 6.07) is 72.2. The van der Waals surface area contributed by atoms with Crippen LogP contribution < -0.4 is 4.90 Å². The molecule has 0 aliphatic heterocycles. The Morgan fingerprint density at radius 1 is 0.364 bits per heavy atom. The number of rotatable bonds is 6. The molecule has 2 nitrogen and oxygen atoms in total. The van der Waals surface area contributed by atoms with Gasteiger partial charge in [-0.3, -0.25) is 0 Å². The monoisotopic (exact) mass is 719 g/mol. The molecule has 2 heterocycles. The third-order valence-corrected chi connectivity index (χ3v) is 12.0. The summed E-state index contributed by atoms with van der Waals surface area (Å²) in [6.45, 7) is 0. The van der Waals surface area contributed by atoms with Gasteiger partial charge in [-0.2, -0.15) is 0 Å². The van der Waals surface area contributed by atoms with Gasteiger partial charge in [-0.05, 0) is 87.1 Å². The molecule has 2 aromatic heterocycles. The lowest BCUT2D eigenvalue weighted by molar-refractivity contribution is 0.669. The van der Waals surface area contributed by atoms with E-state index < -0.39 is 0 Å². The van der Waals surface area contributed by atoms with E-state index in [1.165, 1.54) is 53.2 Å². The summed E-state index contributed by atoms with van der Waals surface area (Å²) in [6.07, 6.45) is 0. The number of nitrogens with zero attached hydrogens (tertiary/aromatic N) is 1. The van der Waals surface area contributed by atoms with Crippen LogP contribution in [-0.2, 0) is 0 Å². The standard InChI is InChI=1S/C52H33NOS/c1-2-16-40-35(12-1)13-10-20-41(40)36-28-26-34(27-29-36)37-14-9-15-39(32-37)53(47-22-11-24-49-52(47)45-19-4-7-23-48(45)54-49)46-21-6-3-17-42(46)38-30-31-44-43-18-5-8-25-50(43)55-51(44)33-38/h1-33H. The van der Waals surface area contributed by atoms with Crippen molar-refractivity contribution < 1.29 is 4.42 Å². The molecule has 9 aromatic carbocycles. The molecule has 258 valence electrons. The Balaban J connectivity index is 1.08. The molecule has 55 heavy (non-hydrogen) atoms. The van der Waals surface area contributed by atoms with Crippen LogP contribution in [0.4, 0.5) is 17.1 Å². The minimum absolute atomic E-state index is 0.869. The van der Waals surface area contributed by atoms with Crippen molar-refractivity contribution in [3.8, 4) is 33.4 Å². The maximum Gasteiger partial charge on any atom is 0.137 e. The molecular formula is C52H33NOS. The van der Waals surface area contributed by atoms with E-state index >= 15 is 0 Å². The molecule has 11 aromatic rings. The van der Waals surface area contributed by atoms with Crippen molar-refractivity contribution in [1.82, 2.24) is 0 Å². The largest absolute Gasteiger partial charge is 0.456 e. The van der Waals surface area contributed by atoms with E-state index in [9.17, 15) is 0 Å². The molecule has 11 rings (SSSR count). The quantitative estimate of drug-likeness (QED) is 0.170. The Morgan fingerprint density at radius 3 is 1.93 bits per heavy atom. The summed E-state index contributed by atoms with van der Waals surface area (Å²) in [7, 11) is 0. The Bertz CT molecular complexity index is 3220. The average Bonchev–Trinajstić information content (AvgIpc) is 3.82. The second-order valence-corrected chi connectivity index (χ2v) is 15.1. The van der Waals surface area contributed by atoms with Gasteiger partial charge >= 0.3 is 0 Å². The van der Waals surface area contributed by atoms with E-state index in [0.29, 0.717) is 0 Å². The molecule has 0 saturated carbocycles. The normalized spacial score (nSPS) is 11.6. The molecular weight excluding hydrogens is 687 g/mol. The van der Waals surface area contributed by atoms with E-state index in [1.807, 2.05) is 17.4 Å². The minimum Gasteiger partial charge on any atom is -0.456 e. The number of anilines is 3. The van der Waals surface area contributed by atoms with Crippen molar-refractivity contribution in [2.45, 2.75) is 0 Å². The molecule has 0 fully saturated rings. The first-order chi connectivity index (χ1) is 27.3. The minimum atomic E-state index is 0.869. The lowest BCUT2D eigenvalue weighted by atomic mass is 9.96. The summed E-state index contributed by atoms with van der Waals surface area (Å²) in [5.74, 6) is 0. The lowest BCUT2D eigenvalue weighted by Crippen LogP contribution is -2.11. The second kappa shape index (κ2) is 12.9. The van der Waals surface area contributed by atoms with Crippen LogP contribution in [0, 0.1) is 0 Å². The molecule has 0 radical (unpaired) electrons. The number of furan rings is 1. The molecule has 0 aliphatic rings. The van der Waals surface area contributed by atoms with Crippen LogP contribution in [0.15, 0.2) is 205 Å². The fraction of sp³-hybridized carbons (Fsp3) is 0. The molecule has 0 bridgehead atoms. The average molecular weight is 720 g/mol. The molecule has 0 unspecified atom stereocenters. The topological polar surface area (TPSA) is 16.4 Å². The SMILES string of the molecule is c1cc(-c2ccc(-c3cccc4ccccc34)cc2)cc(N(c2ccccc2-c2ccc3c(c2)sc2ccccc23)c2cccc3oc4ccccc4c23)c1. The Kier molecular flexibility index (Phi) is 7.39. The van der Waals surface area contributed by atoms with Crippen LogP contribution in [-0.4, -0.2) is 0 Å². The van der Waals surface area contributed by atoms with Crippen molar-refractivity contribution >= 4 is 81.3 Å². The number of hydrogen-bond acceptors (Lipinski definition) is 3. The highest BCUT2D eigenvalue weighted by molar-refractivity contribution is 7.25. The first-order valence-electron chi connectivity index (χ1n) is 18.7. The van der Waals surface area contributed by atoms with Crippen molar-refractivity contribution in [3.63, 3.8) is 0 Å². The van der Waals surface area contributed by atoms with Crippen molar-refractivity contribution in [3.05, 3.63) is 200 Å². The van der Waals surface area contributed by atoms with Gasteiger partial charge in [0.2, 0.25) is 0 Å². The summed E-state index contributed by atoms with van der Waals surface area (Å²) in [5, 5.41) is 7.32. The zero-order chi connectivity index (χ0) is 36.3. The highest BCUT2D eigenvalue weighted by Crippen LogP contribution is 2.47. The molecule has 0 aliphatic carbocycles. The summed E-state index contributed by atoms with van der Waals surface area (Å²) < 4.78 is 9.05. The van der Waals surface area contributed by atoms with E-state index in [-0.39, 0.29) is 0 Å². The molecule has 0 N–H and O–H groups in total. The first-order valence-corrected chi connectivity index (χ1v) is 19.5. The highest BCUT2D eigenvalue weighted by atomic mass is 32.1. The maximum absolute atomic E-state index is 6.45. The fourth-order valence-corrected chi connectivity index (χ4v) is 9.45. The Hall–Kier alpha value is -6.94. The predicted octanol–water partition coefficient (Wildman–Crippen LogP) is 15.6. The summed E-state index contributed by atoms with van der Waals surface area (Å²) >= 11 is 1.86. The molecule has 0 amide bonds. The number of benzene rings is 9. The van der Waals surface area contributed by atoms with Crippen molar-refractivity contribution in [2.24, 2.45) is 0 Å². The highest BCUT2D eigenvalue weighted by Gasteiger charge is 2.22. The molecule has 0 atom stereocenters. The van der Waals surface area contributed by atoms with Crippen molar-refractivity contribution in [1.29, 1.82) is 0 Å². The van der Waals surface area contributed by atoms with Crippen LogP contribution >= 0.6 is 11.3 Å². The number of thiophene rings is 1. The zero-order valence-electron chi connectivity index (χ0n) is 29.8. The molecule has 0 saturated heterocycles. The first kappa shape index (κ1) is 31.6. The Morgan fingerprint density at radius 2 is 1.00 bits per heavy atom. The van der Waals surface area contributed by atoms with Gasteiger partial charge in [-0.1, -0.05) is 152 Å². The summed E-state index contributed by atoms with van der Waals surface area (Å²) in [5.41, 5.74) is 12.1. The lowest BCUT2D eigenvalue weighted by Gasteiger charge is -2.29.